The van der Waals surface area contributed by atoms with Gasteiger partial charge >= 0.3 is 0 Å². The Bertz CT molecular complexity index is 3200. The minimum atomic E-state index is -0.806. The van der Waals surface area contributed by atoms with Crippen LogP contribution in [0.5, 0.6) is 11.5 Å². The van der Waals surface area contributed by atoms with E-state index >= 15 is 0 Å². The van der Waals surface area contributed by atoms with E-state index in [1.807, 2.05) is 0 Å². The molecule has 0 saturated heterocycles. The fraction of sp³-hybridized carbons (Fsp3) is 0. The molecule has 0 bridgehead atoms. The fourth-order valence-electron chi connectivity index (χ4n) is 5.23. The van der Waals surface area contributed by atoms with Gasteiger partial charge in [-0.25, -0.2) is 0 Å². The quantitative estimate of drug-likeness (QED) is 0.223. The van der Waals surface area contributed by atoms with Crippen molar-refractivity contribution in [2.45, 2.75) is 0 Å². The molecule has 2 aliphatic rings. The molecule has 1 aliphatic carbocycles. The Hall–Kier alpha value is -4.88. The van der Waals surface area contributed by atoms with Crippen molar-refractivity contribution in [2.24, 2.45) is 0 Å². The molecule has 0 unspecified atom stereocenters. The summed E-state index contributed by atoms with van der Waals surface area (Å²) in [6, 6.07) is -14.4. The molecule has 9 rings (SSSR count). The molecule has 1 heteroatoms. The normalized spacial score (nSPS) is 20.1. The third kappa shape index (κ3) is 2.43. The maximum absolute atomic E-state index is 9.53. The third-order valence-corrected chi connectivity index (χ3v) is 6.70. The van der Waals surface area contributed by atoms with Crippen LogP contribution in [0.2, 0.25) is 0 Å². The molecule has 0 aromatic heterocycles. The fourth-order valence-corrected chi connectivity index (χ4v) is 5.23. The molecule has 1 aliphatic heterocycles. The summed E-state index contributed by atoms with van der Waals surface area (Å²) in [5, 5.41) is -2.17. The lowest BCUT2D eigenvalue weighted by Gasteiger charge is -2.23. The summed E-state index contributed by atoms with van der Waals surface area (Å²) in [6.45, 7) is 0. The third-order valence-electron chi connectivity index (χ3n) is 6.70. The van der Waals surface area contributed by atoms with E-state index in [2.05, 4.69) is 0 Å². The second-order valence-electron chi connectivity index (χ2n) is 8.51. The minimum Gasteiger partial charge on any atom is -0.456 e. The number of hydrogen-bond donors (Lipinski definition) is 0. The van der Waals surface area contributed by atoms with Crippen LogP contribution in [0.1, 0.15) is 27.4 Å². The summed E-state index contributed by atoms with van der Waals surface area (Å²) >= 11 is 0. The lowest BCUT2D eigenvalue weighted by molar-refractivity contribution is 0.487. The average molecular weight is 489 g/mol. The molecular weight excluding hydrogens is 448 g/mol. The first-order valence-corrected chi connectivity index (χ1v) is 11.2. The summed E-state index contributed by atoms with van der Waals surface area (Å²) in [5.74, 6) is -1.02. The number of ether oxygens (including phenoxy) is 1. The smallest absolute Gasteiger partial charge is 0.135 e. The lowest BCUT2D eigenvalue weighted by Crippen LogP contribution is -1.98. The van der Waals surface area contributed by atoms with Gasteiger partial charge in [-0.1, -0.05) is 96.7 Å². The zero-order valence-corrected chi connectivity index (χ0v) is 18.4. The van der Waals surface area contributed by atoms with Crippen LogP contribution in [0.3, 0.4) is 0 Å². The average Bonchev–Trinajstić information content (AvgIpc) is 3.54. The standard InChI is InChI=1S/C36H20O/c1-2-11-23-22(8-1)20-30-27-13-5-9-21-10-6-16-29(33(21)27)36(30)35(23)28-18-19-32-34-25(14-7-15-26(28)34)24-12-3-4-17-31(24)37-32/h1-20H/i1D,2D,3D,4D,5D,6D,7D,8D,9D,10D,11D,12D,13D,14D,15D,16D,17D,18D,19D,20D. The maximum Gasteiger partial charge on any atom is 0.135 e. The molecule has 0 radical (unpaired) electrons. The van der Waals surface area contributed by atoms with Crippen LogP contribution in [0.25, 0.3) is 76.8 Å². The van der Waals surface area contributed by atoms with Crippen molar-refractivity contribution >= 4 is 32.3 Å². The summed E-state index contributed by atoms with van der Waals surface area (Å²) in [7, 11) is 0. The van der Waals surface area contributed by atoms with Gasteiger partial charge < -0.3 is 4.74 Å². The van der Waals surface area contributed by atoms with Crippen molar-refractivity contribution in [3.05, 3.63) is 121 Å². The number of hydrogen-bond acceptors (Lipinski definition) is 1. The summed E-state index contributed by atoms with van der Waals surface area (Å²) in [5.41, 5.74) is -2.77. The van der Waals surface area contributed by atoms with Gasteiger partial charge in [0.25, 0.3) is 0 Å². The second kappa shape index (κ2) is 6.87. The van der Waals surface area contributed by atoms with Gasteiger partial charge in [0.05, 0.1) is 27.4 Å². The van der Waals surface area contributed by atoms with Crippen molar-refractivity contribution in [1.29, 1.82) is 0 Å². The van der Waals surface area contributed by atoms with E-state index in [1.165, 1.54) is 0 Å². The van der Waals surface area contributed by atoms with E-state index < -0.39 is 160 Å². The van der Waals surface area contributed by atoms with Crippen LogP contribution in [0.15, 0.2) is 121 Å². The summed E-state index contributed by atoms with van der Waals surface area (Å²) in [6.07, 6.45) is 0. The van der Waals surface area contributed by atoms with Crippen molar-refractivity contribution in [3.63, 3.8) is 0 Å². The molecule has 0 atom stereocenters. The first-order chi connectivity index (χ1) is 26.7. The Kier molecular flexibility index (Phi) is 1.60. The van der Waals surface area contributed by atoms with Crippen LogP contribution in [0.4, 0.5) is 0 Å². The Morgan fingerprint density at radius 1 is 0.405 bits per heavy atom. The van der Waals surface area contributed by atoms with Gasteiger partial charge in [-0.05, 0) is 90.0 Å². The summed E-state index contributed by atoms with van der Waals surface area (Å²) in [4.78, 5) is 0. The summed E-state index contributed by atoms with van der Waals surface area (Å²) < 4.78 is 184. The largest absolute Gasteiger partial charge is 0.456 e. The molecule has 170 valence electrons. The highest BCUT2D eigenvalue weighted by Gasteiger charge is 2.28. The van der Waals surface area contributed by atoms with Crippen LogP contribution in [-0.2, 0) is 0 Å². The predicted molar refractivity (Wildman–Crippen MR) is 154 cm³/mol. The zero-order chi connectivity index (χ0) is 41.5. The molecule has 0 fully saturated rings. The van der Waals surface area contributed by atoms with E-state index in [9.17, 15) is 6.85 Å². The van der Waals surface area contributed by atoms with Gasteiger partial charge in [0.2, 0.25) is 0 Å². The number of rotatable bonds is 1. The molecule has 0 spiro atoms. The van der Waals surface area contributed by atoms with Crippen molar-refractivity contribution < 1.29 is 32.2 Å². The Labute approximate surface area is 242 Å². The van der Waals surface area contributed by atoms with Crippen molar-refractivity contribution in [2.75, 3.05) is 0 Å². The van der Waals surface area contributed by atoms with Gasteiger partial charge in [-0.15, -0.1) is 0 Å². The number of para-hydroxylation sites is 1. The SMILES string of the molecule is [2H]c1c([2H])c([2H])c2c(c1[2H])Oc1c([2H])c([2H])c(-c3c4c(c([2H])c5c([2H])c([2H])c([2H])c([2H])c35)-c3c([2H])c([2H])c([2H])c5c([2H])c([2H])c([2H])c-4c35)c3c([2H])c([2H])c([2H])c-2c13. The highest BCUT2D eigenvalue weighted by atomic mass is 16.5. The van der Waals surface area contributed by atoms with Crippen molar-refractivity contribution in [3.8, 4) is 56.0 Å². The molecular formula is C36H20O. The van der Waals surface area contributed by atoms with Crippen LogP contribution < -0.4 is 4.74 Å². The lowest BCUT2D eigenvalue weighted by atomic mass is 9.84. The molecule has 37 heavy (non-hydrogen) atoms. The van der Waals surface area contributed by atoms with Crippen LogP contribution in [-0.4, -0.2) is 0 Å². The molecule has 0 amide bonds. The van der Waals surface area contributed by atoms with E-state index in [0.717, 1.165) is 0 Å². The van der Waals surface area contributed by atoms with Crippen molar-refractivity contribution in [1.82, 2.24) is 0 Å². The monoisotopic (exact) mass is 488 g/mol. The van der Waals surface area contributed by atoms with E-state index in [1.54, 1.807) is 0 Å². The van der Waals surface area contributed by atoms with E-state index in [0.29, 0.717) is 0 Å². The van der Waals surface area contributed by atoms with E-state index in [-0.39, 0.29) is 49.5 Å². The Morgan fingerprint density at radius 3 is 2.00 bits per heavy atom. The van der Waals surface area contributed by atoms with Crippen LogP contribution >= 0.6 is 0 Å². The topological polar surface area (TPSA) is 9.23 Å². The molecule has 0 N–H and O–H groups in total. The first kappa shape index (κ1) is 8.61. The minimum absolute atomic E-state index is 0.170. The molecule has 7 aromatic carbocycles. The second-order valence-corrected chi connectivity index (χ2v) is 8.51. The van der Waals surface area contributed by atoms with E-state index in [4.69, 9.17) is 25.3 Å². The molecule has 7 aromatic rings. The number of benzene rings is 7. The van der Waals surface area contributed by atoms with Gasteiger partial charge in [-0.2, -0.15) is 0 Å². The Balaban J connectivity index is 1.65. The zero-order valence-electron chi connectivity index (χ0n) is 38.4. The Morgan fingerprint density at radius 2 is 1.08 bits per heavy atom. The molecule has 0 saturated carbocycles. The van der Waals surface area contributed by atoms with Gasteiger partial charge in [0.1, 0.15) is 11.5 Å². The molecule has 1 nitrogen and oxygen atoms in total. The highest BCUT2D eigenvalue weighted by molar-refractivity contribution is 6.24. The number of fused-ring (bicyclic) bond motifs is 6. The molecule has 1 heterocycles. The van der Waals surface area contributed by atoms with Crippen LogP contribution in [0, 0.1) is 0 Å². The first-order valence-electron chi connectivity index (χ1n) is 21.2. The highest BCUT2D eigenvalue weighted by Crippen LogP contribution is 2.55. The van der Waals surface area contributed by atoms with Gasteiger partial charge in [0.15, 0.2) is 0 Å². The maximum atomic E-state index is 9.53. The predicted octanol–water partition coefficient (Wildman–Crippen LogP) is 10.2. The van der Waals surface area contributed by atoms with Gasteiger partial charge in [-0.3, -0.25) is 0 Å². The van der Waals surface area contributed by atoms with Gasteiger partial charge in [0, 0.05) is 10.9 Å².